The molecule has 5 nitrogen and oxygen atoms in total. The molecule has 1 amide bonds. The average Bonchev–Trinajstić information content (AvgIpc) is 2.55. The molecule has 1 aliphatic rings. The van der Waals surface area contributed by atoms with Crippen LogP contribution in [0.3, 0.4) is 0 Å². The number of amides is 1. The van der Waals surface area contributed by atoms with Gasteiger partial charge in [-0.3, -0.25) is 9.52 Å². The zero-order valence-electron chi connectivity index (χ0n) is 14.3. The van der Waals surface area contributed by atoms with Crippen LogP contribution in [-0.4, -0.2) is 26.1 Å². The predicted octanol–water partition coefficient (Wildman–Crippen LogP) is 3.64. The normalized spacial score (nSPS) is 17.1. The van der Waals surface area contributed by atoms with Crippen molar-refractivity contribution >= 4 is 39.1 Å². The Balaban J connectivity index is 2.00. The first-order chi connectivity index (χ1) is 11.8. The van der Waals surface area contributed by atoms with Gasteiger partial charge in [-0.05, 0) is 36.8 Å². The van der Waals surface area contributed by atoms with Gasteiger partial charge in [0, 0.05) is 23.6 Å². The van der Waals surface area contributed by atoms with Gasteiger partial charge < -0.3 is 4.90 Å². The minimum absolute atomic E-state index is 0.0881. The van der Waals surface area contributed by atoms with Gasteiger partial charge in [-0.15, -0.1) is 11.8 Å². The number of fused-ring (bicyclic) bond motifs is 1. The predicted molar refractivity (Wildman–Crippen MR) is 102 cm³/mol. The highest BCUT2D eigenvalue weighted by molar-refractivity contribution is 8.00. The smallest absolute Gasteiger partial charge is 0.261 e. The number of carbonyl (C=O) groups excluding carboxylic acids is 1. The first-order valence-electron chi connectivity index (χ1n) is 7.95. The fourth-order valence-corrected chi connectivity index (χ4v) is 5.02. The Hall–Kier alpha value is -1.99. The summed E-state index contributed by atoms with van der Waals surface area (Å²) >= 11 is 1.65. The Bertz CT molecular complexity index is 926. The van der Waals surface area contributed by atoms with E-state index in [9.17, 15) is 13.2 Å². The molecule has 3 rings (SSSR count). The number of carbonyl (C=O) groups is 1. The second-order valence-corrected chi connectivity index (χ2v) is 9.27. The molecule has 0 radical (unpaired) electrons. The minimum atomic E-state index is -3.73. The average molecular weight is 377 g/mol. The number of nitrogens with one attached hydrogen (secondary N) is 1. The molecule has 0 saturated carbocycles. The zero-order valence-corrected chi connectivity index (χ0v) is 15.9. The summed E-state index contributed by atoms with van der Waals surface area (Å²) in [5.74, 6) is -0.0881. The maximum absolute atomic E-state index is 12.8. The van der Waals surface area contributed by atoms with Crippen molar-refractivity contribution in [2.24, 2.45) is 0 Å². The van der Waals surface area contributed by atoms with Crippen LogP contribution in [0, 0.1) is 6.92 Å². The molecule has 0 spiro atoms. The van der Waals surface area contributed by atoms with Crippen molar-refractivity contribution in [3.63, 3.8) is 0 Å². The van der Waals surface area contributed by atoms with Crippen molar-refractivity contribution in [2.75, 3.05) is 16.2 Å². The number of rotatable bonds is 3. The fourth-order valence-electron chi connectivity index (χ4n) is 2.77. The van der Waals surface area contributed by atoms with E-state index in [2.05, 4.69) is 4.72 Å². The van der Waals surface area contributed by atoms with E-state index in [0.717, 1.165) is 10.5 Å². The summed E-state index contributed by atoms with van der Waals surface area (Å²) in [6, 6.07) is 12.2. The van der Waals surface area contributed by atoms with Crippen molar-refractivity contribution in [2.45, 2.75) is 35.8 Å². The summed E-state index contributed by atoms with van der Waals surface area (Å²) < 4.78 is 28.1. The largest absolute Gasteiger partial charge is 0.310 e. The van der Waals surface area contributed by atoms with Gasteiger partial charge >= 0.3 is 0 Å². The fraction of sp³-hybridized carbons (Fsp3) is 0.278. The molecular weight excluding hydrogens is 356 g/mol. The Labute approximate surface area is 152 Å². The van der Waals surface area contributed by atoms with Gasteiger partial charge in [0.1, 0.15) is 0 Å². The van der Waals surface area contributed by atoms with Crippen molar-refractivity contribution in [1.29, 1.82) is 0 Å². The highest BCUT2D eigenvalue weighted by Gasteiger charge is 2.27. The second kappa shape index (κ2) is 6.72. The van der Waals surface area contributed by atoms with Crippen molar-refractivity contribution in [1.82, 2.24) is 0 Å². The summed E-state index contributed by atoms with van der Waals surface area (Å²) in [6.07, 6.45) is 0. The van der Waals surface area contributed by atoms with Gasteiger partial charge in [0.2, 0.25) is 5.91 Å². The number of hydrogen-bond donors (Lipinski definition) is 1. The second-order valence-electron chi connectivity index (χ2n) is 6.11. The minimum Gasteiger partial charge on any atom is -0.310 e. The van der Waals surface area contributed by atoms with Crippen LogP contribution in [0.4, 0.5) is 11.4 Å². The molecule has 2 aromatic carbocycles. The number of aryl methyl sites for hydroxylation is 1. The van der Waals surface area contributed by atoms with Crippen LogP contribution >= 0.6 is 11.8 Å². The standard InChI is InChI=1S/C18H20N2O3S2/c1-12-6-4-5-7-16(12)19-25(22,23)15-8-9-18-17(10-15)20(14(3)21)11-13(2)24-18/h4-10,13,19H,11H2,1-3H3/t13-/m0/s1. The van der Waals surface area contributed by atoms with Gasteiger partial charge in [-0.2, -0.15) is 0 Å². The third kappa shape index (κ3) is 3.67. The number of sulfonamides is 1. The molecule has 0 fully saturated rings. The Kier molecular flexibility index (Phi) is 4.79. The highest BCUT2D eigenvalue weighted by atomic mass is 32.2. The molecule has 0 aromatic heterocycles. The topological polar surface area (TPSA) is 66.5 Å². The number of nitrogens with zero attached hydrogens (tertiary/aromatic N) is 1. The van der Waals surface area contributed by atoms with Crippen LogP contribution in [0.2, 0.25) is 0 Å². The molecule has 0 saturated heterocycles. The lowest BCUT2D eigenvalue weighted by Gasteiger charge is -2.32. The number of anilines is 2. The molecule has 1 N–H and O–H groups in total. The van der Waals surface area contributed by atoms with Crippen molar-refractivity contribution in [3.8, 4) is 0 Å². The molecular formula is C18H20N2O3S2. The summed E-state index contributed by atoms with van der Waals surface area (Å²) in [7, 11) is -3.73. The molecule has 2 aromatic rings. The van der Waals surface area contributed by atoms with E-state index >= 15 is 0 Å². The lowest BCUT2D eigenvalue weighted by Crippen LogP contribution is -2.37. The molecule has 132 valence electrons. The highest BCUT2D eigenvalue weighted by Crippen LogP contribution is 2.39. The summed E-state index contributed by atoms with van der Waals surface area (Å²) in [5, 5.41) is 0.268. The van der Waals surface area contributed by atoms with E-state index < -0.39 is 10.0 Å². The van der Waals surface area contributed by atoms with Gasteiger partial charge in [-0.25, -0.2) is 8.42 Å². The lowest BCUT2D eigenvalue weighted by atomic mass is 10.2. The lowest BCUT2D eigenvalue weighted by molar-refractivity contribution is -0.116. The van der Waals surface area contributed by atoms with Crippen molar-refractivity contribution < 1.29 is 13.2 Å². The number of para-hydroxylation sites is 1. The number of benzene rings is 2. The molecule has 1 atom stereocenters. The van der Waals surface area contributed by atoms with Crippen LogP contribution in [0.1, 0.15) is 19.4 Å². The van der Waals surface area contributed by atoms with Crippen LogP contribution in [0.5, 0.6) is 0 Å². The molecule has 0 aliphatic carbocycles. The third-order valence-corrected chi connectivity index (χ3v) is 6.58. The monoisotopic (exact) mass is 376 g/mol. The first kappa shape index (κ1) is 17.8. The van der Waals surface area contributed by atoms with E-state index in [0.29, 0.717) is 17.9 Å². The third-order valence-electron chi connectivity index (χ3n) is 4.07. The quantitative estimate of drug-likeness (QED) is 0.888. The van der Waals surface area contributed by atoms with Gasteiger partial charge in [0.15, 0.2) is 0 Å². The summed E-state index contributed by atoms with van der Waals surface area (Å²) in [4.78, 5) is 14.7. The summed E-state index contributed by atoms with van der Waals surface area (Å²) in [5.41, 5.74) is 2.05. The van der Waals surface area contributed by atoms with Crippen LogP contribution in [-0.2, 0) is 14.8 Å². The Morgan fingerprint density at radius 3 is 2.64 bits per heavy atom. The molecule has 1 heterocycles. The molecule has 0 unspecified atom stereocenters. The summed E-state index contributed by atoms with van der Waals surface area (Å²) in [6.45, 7) is 5.97. The SMILES string of the molecule is CC(=O)N1C[C@H](C)Sc2ccc(S(=O)(=O)Nc3ccccc3C)cc21. The Morgan fingerprint density at radius 2 is 1.96 bits per heavy atom. The van der Waals surface area contributed by atoms with E-state index in [-0.39, 0.29) is 16.1 Å². The Morgan fingerprint density at radius 1 is 1.24 bits per heavy atom. The van der Waals surface area contributed by atoms with Gasteiger partial charge in [-0.1, -0.05) is 25.1 Å². The molecule has 25 heavy (non-hydrogen) atoms. The van der Waals surface area contributed by atoms with Crippen LogP contribution < -0.4 is 9.62 Å². The van der Waals surface area contributed by atoms with E-state index in [1.165, 1.54) is 6.92 Å². The van der Waals surface area contributed by atoms with E-state index in [4.69, 9.17) is 0 Å². The first-order valence-corrected chi connectivity index (χ1v) is 10.3. The van der Waals surface area contributed by atoms with E-state index in [1.54, 1.807) is 47.0 Å². The molecule has 1 aliphatic heterocycles. The molecule has 0 bridgehead atoms. The number of thioether (sulfide) groups is 1. The van der Waals surface area contributed by atoms with E-state index in [1.807, 2.05) is 26.0 Å². The maximum Gasteiger partial charge on any atom is 0.261 e. The van der Waals surface area contributed by atoms with Gasteiger partial charge in [0.25, 0.3) is 10.0 Å². The zero-order chi connectivity index (χ0) is 18.2. The van der Waals surface area contributed by atoms with Crippen LogP contribution in [0.25, 0.3) is 0 Å². The van der Waals surface area contributed by atoms with Gasteiger partial charge in [0.05, 0.1) is 16.3 Å². The maximum atomic E-state index is 12.8. The van der Waals surface area contributed by atoms with Crippen LogP contribution in [0.15, 0.2) is 52.3 Å². The number of hydrogen-bond acceptors (Lipinski definition) is 4. The molecule has 7 heteroatoms. The van der Waals surface area contributed by atoms with Crippen molar-refractivity contribution in [3.05, 3.63) is 48.0 Å².